The van der Waals surface area contributed by atoms with Crippen molar-refractivity contribution in [3.8, 4) is 0 Å². The van der Waals surface area contributed by atoms with Crippen LogP contribution in [0.1, 0.15) is 12.5 Å². The van der Waals surface area contributed by atoms with Gasteiger partial charge in [0.25, 0.3) is 0 Å². The molecule has 0 atom stereocenters. The summed E-state index contributed by atoms with van der Waals surface area (Å²) >= 11 is 3.30. The molecule has 0 unspecified atom stereocenters. The molecule has 0 aliphatic heterocycles. The van der Waals surface area contributed by atoms with Crippen molar-refractivity contribution in [3.63, 3.8) is 0 Å². The van der Waals surface area contributed by atoms with Crippen molar-refractivity contribution in [3.05, 3.63) is 28.6 Å². The maximum Gasteiger partial charge on any atom is 0.310 e. The van der Waals surface area contributed by atoms with Crippen molar-refractivity contribution >= 4 is 33.0 Å². The first-order valence-corrected chi connectivity index (χ1v) is 5.67. The van der Waals surface area contributed by atoms with Gasteiger partial charge in [-0.1, -0.05) is 0 Å². The fourth-order valence-corrected chi connectivity index (χ4v) is 1.75. The Labute approximate surface area is 101 Å². The summed E-state index contributed by atoms with van der Waals surface area (Å²) in [6.07, 6.45) is 3.41. The van der Waals surface area contributed by atoms with Crippen LogP contribution in [0.5, 0.6) is 0 Å². The quantitative estimate of drug-likeness (QED) is 0.813. The van der Waals surface area contributed by atoms with Gasteiger partial charge in [0.2, 0.25) is 0 Å². The van der Waals surface area contributed by atoms with Gasteiger partial charge in [0.1, 0.15) is 5.52 Å². The monoisotopic (exact) mass is 283 g/mol. The summed E-state index contributed by atoms with van der Waals surface area (Å²) < 4.78 is 11.0. The molecule has 0 aliphatic rings. The van der Waals surface area contributed by atoms with E-state index in [4.69, 9.17) is 9.15 Å². The van der Waals surface area contributed by atoms with E-state index in [1.165, 1.54) is 0 Å². The van der Waals surface area contributed by atoms with E-state index in [1.54, 1.807) is 19.4 Å². The molecule has 2 aromatic heterocycles. The van der Waals surface area contributed by atoms with E-state index in [0.717, 1.165) is 10.0 Å². The molecule has 0 aliphatic carbocycles. The average molecular weight is 284 g/mol. The second kappa shape index (κ2) is 4.65. The zero-order chi connectivity index (χ0) is 11.5. The lowest BCUT2D eigenvalue weighted by Crippen LogP contribution is -2.07. The largest absolute Gasteiger partial charge is 0.466 e. The molecule has 84 valence electrons. The van der Waals surface area contributed by atoms with Crippen molar-refractivity contribution < 1.29 is 13.9 Å². The van der Waals surface area contributed by atoms with Gasteiger partial charge in [-0.15, -0.1) is 0 Å². The topological polar surface area (TPSA) is 52.3 Å². The van der Waals surface area contributed by atoms with E-state index >= 15 is 0 Å². The van der Waals surface area contributed by atoms with E-state index in [1.807, 2.05) is 6.07 Å². The normalized spacial score (nSPS) is 10.6. The van der Waals surface area contributed by atoms with Gasteiger partial charge in [-0.25, -0.2) is 0 Å². The molecule has 0 amide bonds. The predicted octanol–water partition coefficient (Wildman–Crippen LogP) is 2.70. The molecule has 0 radical (unpaired) electrons. The Bertz CT molecular complexity index is 521. The van der Waals surface area contributed by atoms with Gasteiger partial charge in [0, 0.05) is 16.2 Å². The second-order valence-electron chi connectivity index (χ2n) is 3.24. The number of nitrogens with zero attached hydrogens (tertiary/aromatic N) is 1. The third kappa shape index (κ3) is 2.24. The number of aromatic nitrogens is 1. The van der Waals surface area contributed by atoms with Gasteiger partial charge in [0.15, 0.2) is 5.58 Å². The Balaban J connectivity index is 2.28. The smallest absolute Gasteiger partial charge is 0.310 e. The molecule has 0 fully saturated rings. The number of fused-ring (bicyclic) bond motifs is 1. The zero-order valence-corrected chi connectivity index (χ0v) is 10.3. The SMILES string of the molecule is CCOC(=O)Cc1coc2cc(Br)cnc12. The number of pyridine rings is 1. The highest BCUT2D eigenvalue weighted by Gasteiger charge is 2.12. The number of esters is 1. The van der Waals surface area contributed by atoms with Crippen molar-refractivity contribution in [2.24, 2.45) is 0 Å². The number of carbonyl (C=O) groups excluding carboxylic acids is 1. The minimum atomic E-state index is -0.269. The van der Waals surface area contributed by atoms with Crippen LogP contribution in [-0.2, 0) is 16.0 Å². The van der Waals surface area contributed by atoms with Gasteiger partial charge in [-0.05, 0) is 28.9 Å². The predicted molar refractivity (Wildman–Crippen MR) is 62.0 cm³/mol. The summed E-state index contributed by atoms with van der Waals surface area (Å²) in [5, 5.41) is 0. The molecule has 0 saturated carbocycles. The second-order valence-corrected chi connectivity index (χ2v) is 4.16. The summed E-state index contributed by atoms with van der Waals surface area (Å²) in [5.74, 6) is -0.269. The molecule has 0 spiro atoms. The number of carbonyl (C=O) groups is 1. The molecule has 0 N–H and O–H groups in total. The summed E-state index contributed by atoms with van der Waals surface area (Å²) in [6.45, 7) is 2.16. The third-order valence-corrected chi connectivity index (χ3v) is 2.53. The van der Waals surface area contributed by atoms with Gasteiger partial charge in [-0.3, -0.25) is 9.78 Å². The van der Waals surface area contributed by atoms with Crippen LogP contribution >= 0.6 is 15.9 Å². The first-order valence-electron chi connectivity index (χ1n) is 4.88. The van der Waals surface area contributed by atoms with Crippen LogP contribution in [0.2, 0.25) is 0 Å². The number of furan rings is 1. The van der Waals surface area contributed by atoms with Crippen LogP contribution in [0.15, 0.2) is 27.4 Å². The van der Waals surface area contributed by atoms with E-state index in [-0.39, 0.29) is 12.4 Å². The van der Waals surface area contributed by atoms with Crippen LogP contribution in [-0.4, -0.2) is 17.6 Å². The number of rotatable bonds is 3. The highest BCUT2D eigenvalue weighted by Crippen LogP contribution is 2.22. The molecule has 0 saturated heterocycles. The summed E-state index contributed by atoms with van der Waals surface area (Å²) in [6, 6.07) is 1.82. The Hall–Kier alpha value is -1.36. The molecule has 0 aromatic carbocycles. The number of halogens is 1. The first kappa shape index (κ1) is 11.1. The van der Waals surface area contributed by atoms with Crippen LogP contribution in [0, 0.1) is 0 Å². The Morgan fingerprint density at radius 3 is 3.19 bits per heavy atom. The molecule has 2 rings (SSSR count). The summed E-state index contributed by atoms with van der Waals surface area (Å²) in [5.41, 5.74) is 2.12. The summed E-state index contributed by atoms with van der Waals surface area (Å²) in [4.78, 5) is 15.5. The standard InChI is InChI=1S/C11H10BrNO3/c1-2-15-10(14)3-7-6-16-9-4-8(12)5-13-11(7)9/h4-6H,2-3H2,1H3. The Morgan fingerprint density at radius 1 is 1.62 bits per heavy atom. The van der Waals surface area contributed by atoms with Crippen LogP contribution in [0.4, 0.5) is 0 Å². The molecule has 4 nitrogen and oxygen atoms in total. The maximum absolute atomic E-state index is 11.3. The molecule has 0 bridgehead atoms. The van der Waals surface area contributed by atoms with E-state index in [2.05, 4.69) is 20.9 Å². The lowest BCUT2D eigenvalue weighted by molar-refractivity contribution is -0.142. The van der Waals surface area contributed by atoms with Crippen LogP contribution in [0.3, 0.4) is 0 Å². The maximum atomic E-state index is 11.3. The average Bonchev–Trinajstić information content (AvgIpc) is 2.61. The highest BCUT2D eigenvalue weighted by atomic mass is 79.9. The summed E-state index contributed by atoms with van der Waals surface area (Å²) in [7, 11) is 0. The molecule has 5 heteroatoms. The zero-order valence-electron chi connectivity index (χ0n) is 8.70. The van der Waals surface area contributed by atoms with Crippen molar-refractivity contribution in [1.82, 2.24) is 4.98 Å². The third-order valence-electron chi connectivity index (χ3n) is 2.09. The number of ether oxygens (including phenoxy) is 1. The fraction of sp³-hybridized carbons (Fsp3) is 0.273. The lowest BCUT2D eigenvalue weighted by atomic mass is 10.2. The van der Waals surface area contributed by atoms with Crippen LogP contribution in [0.25, 0.3) is 11.1 Å². The highest BCUT2D eigenvalue weighted by molar-refractivity contribution is 9.10. The van der Waals surface area contributed by atoms with Gasteiger partial charge >= 0.3 is 5.97 Å². The Kier molecular flexibility index (Phi) is 3.24. The number of hydrogen-bond donors (Lipinski definition) is 0. The lowest BCUT2D eigenvalue weighted by Gasteiger charge is -1.99. The number of hydrogen-bond acceptors (Lipinski definition) is 4. The minimum absolute atomic E-state index is 0.190. The fourth-order valence-electron chi connectivity index (χ4n) is 1.44. The van der Waals surface area contributed by atoms with E-state index in [9.17, 15) is 4.79 Å². The van der Waals surface area contributed by atoms with Gasteiger partial charge in [0.05, 0.1) is 19.3 Å². The molecule has 2 heterocycles. The van der Waals surface area contributed by atoms with E-state index < -0.39 is 0 Å². The van der Waals surface area contributed by atoms with Gasteiger partial charge in [-0.2, -0.15) is 0 Å². The Morgan fingerprint density at radius 2 is 2.44 bits per heavy atom. The minimum Gasteiger partial charge on any atom is -0.466 e. The molecule has 16 heavy (non-hydrogen) atoms. The van der Waals surface area contributed by atoms with Crippen molar-refractivity contribution in [1.29, 1.82) is 0 Å². The van der Waals surface area contributed by atoms with E-state index in [0.29, 0.717) is 17.7 Å². The van der Waals surface area contributed by atoms with Gasteiger partial charge < -0.3 is 9.15 Å². The van der Waals surface area contributed by atoms with Crippen LogP contribution < -0.4 is 0 Å². The molecular weight excluding hydrogens is 274 g/mol. The van der Waals surface area contributed by atoms with Crippen molar-refractivity contribution in [2.45, 2.75) is 13.3 Å². The van der Waals surface area contributed by atoms with Crippen molar-refractivity contribution in [2.75, 3.05) is 6.61 Å². The molecule has 2 aromatic rings. The molecular formula is C11H10BrNO3. The first-order chi connectivity index (χ1) is 7.70.